The lowest BCUT2D eigenvalue weighted by atomic mass is 10.3. The maximum atomic E-state index is 12.0. The fraction of sp³-hybridized carbons (Fsp3) is 0.400. The third-order valence-electron chi connectivity index (χ3n) is 2.22. The molecule has 5 nitrogen and oxygen atoms in total. The van der Waals surface area contributed by atoms with E-state index in [1.165, 1.54) is 18.2 Å². The first-order chi connectivity index (χ1) is 8.12. The van der Waals surface area contributed by atoms with Gasteiger partial charge in [-0.3, -0.25) is 0 Å². The number of rotatable bonds is 5. The van der Waals surface area contributed by atoms with Crippen LogP contribution >= 0.6 is 11.6 Å². The summed E-state index contributed by atoms with van der Waals surface area (Å²) in [6, 6.07) is 4.18. The Hall–Kier alpha value is -0.790. The van der Waals surface area contributed by atoms with Crippen molar-refractivity contribution in [3.63, 3.8) is 0 Å². The first-order valence-electron chi connectivity index (χ1n) is 5.07. The molecule has 18 heavy (non-hydrogen) atoms. The molecule has 1 aromatic rings. The van der Waals surface area contributed by atoms with Crippen molar-refractivity contribution in [2.75, 3.05) is 23.5 Å². The number of benzene rings is 1. The van der Waals surface area contributed by atoms with Gasteiger partial charge in [0, 0.05) is 11.9 Å². The second-order valence-corrected chi connectivity index (χ2v) is 8.74. The van der Waals surface area contributed by atoms with Crippen LogP contribution in [0.3, 0.4) is 0 Å². The quantitative estimate of drug-likeness (QED) is 0.823. The number of nitrogen functional groups attached to an aromatic ring is 1. The minimum absolute atomic E-state index is 0.0340. The molecule has 0 saturated carbocycles. The lowest BCUT2D eigenvalue weighted by molar-refractivity contribution is 0.592. The van der Waals surface area contributed by atoms with Gasteiger partial charge in [-0.1, -0.05) is 11.6 Å². The molecule has 102 valence electrons. The molecule has 0 heterocycles. The lowest BCUT2D eigenvalue weighted by Crippen LogP contribution is -2.12. The van der Waals surface area contributed by atoms with Crippen LogP contribution in [0.15, 0.2) is 23.1 Å². The molecule has 0 aliphatic carbocycles. The van der Waals surface area contributed by atoms with Gasteiger partial charge in [-0.05, 0) is 24.6 Å². The second-order valence-electron chi connectivity index (χ2n) is 3.99. The summed E-state index contributed by atoms with van der Waals surface area (Å²) in [4.78, 5) is -0.0577. The average molecular weight is 312 g/mol. The normalized spacial score (nSPS) is 12.6. The van der Waals surface area contributed by atoms with E-state index in [1.807, 2.05) is 0 Å². The highest BCUT2D eigenvalue weighted by Gasteiger charge is 2.19. The Kier molecular flexibility index (Phi) is 4.63. The first-order valence-corrected chi connectivity index (χ1v) is 9.16. The van der Waals surface area contributed by atoms with Crippen molar-refractivity contribution >= 4 is 37.0 Å². The summed E-state index contributed by atoms with van der Waals surface area (Å²) in [5.74, 6) is -0.449. The van der Waals surface area contributed by atoms with Gasteiger partial charge in [-0.25, -0.2) is 16.8 Å². The smallest absolute Gasteiger partial charge is 0.179 e. The molecule has 0 aliphatic rings. The molecule has 0 saturated heterocycles. The number of hydrogen-bond donors (Lipinski definition) is 1. The van der Waals surface area contributed by atoms with Crippen LogP contribution in [0.4, 0.5) is 5.69 Å². The van der Waals surface area contributed by atoms with Crippen molar-refractivity contribution in [3.05, 3.63) is 23.2 Å². The summed E-state index contributed by atoms with van der Waals surface area (Å²) < 4.78 is 45.8. The van der Waals surface area contributed by atoms with E-state index in [9.17, 15) is 16.8 Å². The molecule has 1 rings (SSSR count). The van der Waals surface area contributed by atoms with Crippen LogP contribution in [-0.2, 0) is 19.7 Å². The Bertz CT molecular complexity index is 638. The van der Waals surface area contributed by atoms with Gasteiger partial charge >= 0.3 is 0 Å². The molecule has 0 bridgehead atoms. The topological polar surface area (TPSA) is 94.3 Å². The Morgan fingerprint density at radius 3 is 2.33 bits per heavy atom. The number of sulfone groups is 2. The van der Waals surface area contributed by atoms with Crippen LogP contribution in [0, 0.1) is 0 Å². The Labute approximate surface area is 112 Å². The predicted molar refractivity (Wildman–Crippen MR) is 72.2 cm³/mol. The molecule has 0 fully saturated rings. The van der Waals surface area contributed by atoms with Crippen molar-refractivity contribution in [2.24, 2.45) is 0 Å². The van der Waals surface area contributed by atoms with E-state index in [1.54, 1.807) is 0 Å². The Morgan fingerprint density at radius 2 is 1.78 bits per heavy atom. The second kappa shape index (κ2) is 5.46. The number of anilines is 1. The van der Waals surface area contributed by atoms with Crippen molar-refractivity contribution in [3.8, 4) is 0 Å². The van der Waals surface area contributed by atoms with Crippen molar-refractivity contribution < 1.29 is 16.8 Å². The van der Waals surface area contributed by atoms with E-state index in [0.29, 0.717) is 5.69 Å². The van der Waals surface area contributed by atoms with Gasteiger partial charge in [0.25, 0.3) is 0 Å². The van der Waals surface area contributed by atoms with Crippen molar-refractivity contribution in [2.45, 2.75) is 11.3 Å². The Morgan fingerprint density at radius 1 is 1.17 bits per heavy atom. The van der Waals surface area contributed by atoms with Crippen LogP contribution in [0.2, 0.25) is 5.02 Å². The highest BCUT2D eigenvalue weighted by Crippen LogP contribution is 2.25. The monoisotopic (exact) mass is 311 g/mol. The third-order valence-corrected chi connectivity index (χ3v) is 5.52. The van der Waals surface area contributed by atoms with Crippen LogP contribution in [0.1, 0.15) is 6.42 Å². The molecule has 0 amide bonds. The van der Waals surface area contributed by atoms with E-state index in [4.69, 9.17) is 17.3 Å². The zero-order chi connectivity index (χ0) is 14.0. The molecule has 0 aliphatic heterocycles. The standard InChI is InChI=1S/C10H14ClNO4S2/c1-17(13,14)5-2-6-18(15,16)10-7-8(12)3-4-9(10)11/h3-4,7H,2,5-6,12H2,1H3. The molecule has 1 aromatic carbocycles. The van der Waals surface area contributed by atoms with E-state index in [0.717, 1.165) is 6.26 Å². The SMILES string of the molecule is CS(=O)(=O)CCCS(=O)(=O)c1cc(N)ccc1Cl. The van der Waals surface area contributed by atoms with E-state index < -0.39 is 19.7 Å². The maximum Gasteiger partial charge on any atom is 0.179 e. The number of halogens is 1. The van der Waals surface area contributed by atoms with Crippen LogP contribution in [-0.4, -0.2) is 34.6 Å². The van der Waals surface area contributed by atoms with Crippen LogP contribution < -0.4 is 5.73 Å². The summed E-state index contributed by atoms with van der Waals surface area (Å²) in [5, 5.41) is 0.0866. The summed E-state index contributed by atoms with van der Waals surface area (Å²) in [5.41, 5.74) is 5.80. The van der Waals surface area contributed by atoms with E-state index in [-0.39, 0.29) is 27.8 Å². The van der Waals surface area contributed by atoms with Crippen molar-refractivity contribution in [1.82, 2.24) is 0 Å². The van der Waals surface area contributed by atoms with Gasteiger partial charge in [0.05, 0.1) is 21.4 Å². The summed E-state index contributed by atoms with van der Waals surface area (Å²) >= 11 is 5.80. The zero-order valence-electron chi connectivity index (χ0n) is 9.76. The maximum absolute atomic E-state index is 12.0. The van der Waals surface area contributed by atoms with Gasteiger partial charge in [0.15, 0.2) is 9.84 Å². The summed E-state index contributed by atoms with van der Waals surface area (Å²) in [6.45, 7) is 0. The molecule has 2 N–H and O–H groups in total. The van der Waals surface area contributed by atoms with Gasteiger partial charge in [0.2, 0.25) is 0 Å². The predicted octanol–water partition coefficient (Wildman–Crippen LogP) is 1.13. The van der Waals surface area contributed by atoms with E-state index >= 15 is 0 Å². The van der Waals surface area contributed by atoms with Gasteiger partial charge in [-0.2, -0.15) is 0 Å². The molecule has 0 aromatic heterocycles. The lowest BCUT2D eigenvalue weighted by Gasteiger charge is -2.07. The zero-order valence-corrected chi connectivity index (χ0v) is 12.1. The minimum Gasteiger partial charge on any atom is -0.399 e. The molecular formula is C10H14ClNO4S2. The van der Waals surface area contributed by atoms with Gasteiger partial charge < -0.3 is 5.73 Å². The molecular weight excluding hydrogens is 298 g/mol. The fourth-order valence-electron chi connectivity index (χ4n) is 1.38. The molecule has 0 unspecified atom stereocenters. The molecule has 0 spiro atoms. The molecule has 8 heteroatoms. The fourth-order valence-corrected chi connectivity index (χ4v) is 4.13. The summed E-state index contributed by atoms with van der Waals surface area (Å²) in [6.07, 6.45) is 1.10. The number of nitrogens with two attached hydrogens (primary N) is 1. The average Bonchev–Trinajstić information content (AvgIpc) is 2.19. The first kappa shape index (κ1) is 15.3. The highest BCUT2D eigenvalue weighted by molar-refractivity contribution is 7.92. The van der Waals surface area contributed by atoms with E-state index in [2.05, 4.69) is 0 Å². The van der Waals surface area contributed by atoms with Crippen LogP contribution in [0.25, 0.3) is 0 Å². The number of hydrogen-bond acceptors (Lipinski definition) is 5. The molecule has 0 radical (unpaired) electrons. The third kappa shape index (κ3) is 4.47. The summed E-state index contributed by atoms with van der Waals surface area (Å²) in [7, 11) is -6.78. The highest BCUT2D eigenvalue weighted by atomic mass is 35.5. The van der Waals surface area contributed by atoms with Gasteiger partial charge in [0.1, 0.15) is 9.84 Å². The Balaban J connectivity index is 2.90. The molecule has 0 atom stereocenters. The minimum atomic E-state index is -3.61. The largest absolute Gasteiger partial charge is 0.399 e. The van der Waals surface area contributed by atoms with Gasteiger partial charge in [-0.15, -0.1) is 0 Å². The van der Waals surface area contributed by atoms with Crippen LogP contribution in [0.5, 0.6) is 0 Å². The van der Waals surface area contributed by atoms with Crippen molar-refractivity contribution in [1.29, 1.82) is 0 Å².